The molecule has 4 rings (SSSR count). The maximum absolute atomic E-state index is 9.31. The molecule has 4 heterocycles. The smallest absolute Gasteiger partial charge is 0.146 e. The van der Waals surface area contributed by atoms with Crippen molar-refractivity contribution in [2.45, 2.75) is 24.9 Å². The highest BCUT2D eigenvalue weighted by atomic mass is 15.3. The van der Waals surface area contributed by atoms with Gasteiger partial charge in [0.1, 0.15) is 17.6 Å². The van der Waals surface area contributed by atoms with Crippen molar-refractivity contribution in [2.75, 3.05) is 24.5 Å². The fourth-order valence-corrected chi connectivity index (χ4v) is 3.73. The molecule has 0 aromatic carbocycles. The van der Waals surface area contributed by atoms with E-state index in [-0.39, 0.29) is 0 Å². The number of hydrogen-bond donors (Lipinski definition) is 0. The Hall–Kier alpha value is -2.89. The average molecular weight is 329 g/mol. The molecule has 0 amide bonds. The third-order valence-corrected chi connectivity index (χ3v) is 4.94. The fourth-order valence-electron chi connectivity index (χ4n) is 3.73. The maximum atomic E-state index is 9.31. The van der Waals surface area contributed by atoms with Crippen LogP contribution in [0.15, 0.2) is 42.7 Å². The van der Waals surface area contributed by atoms with Crippen molar-refractivity contribution in [3.8, 4) is 17.9 Å². The molecule has 2 aliphatic rings. The Bertz CT molecular complexity index is 846. The molecule has 25 heavy (non-hydrogen) atoms. The van der Waals surface area contributed by atoms with Gasteiger partial charge < -0.3 is 4.90 Å². The zero-order valence-corrected chi connectivity index (χ0v) is 14.0. The van der Waals surface area contributed by atoms with Crippen molar-refractivity contribution in [3.05, 3.63) is 54.0 Å². The molecule has 2 saturated heterocycles. The number of rotatable bonds is 1. The Morgan fingerprint density at radius 3 is 2.80 bits per heavy atom. The summed E-state index contributed by atoms with van der Waals surface area (Å²) in [5.74, 6) is 7.42. The second-order valence-corrected chi connectivity index (χ2v) is 6.40. The predicted molar refractivity (Wildman–Crippen MR) is 95.8 cm³/mol. The van der Waals surface area contributed by atoms with E-state index in [1.54, 1.807) is 12.4 Å². The Morgan fingerprint density at radius 2 is 1.96 bits per heavy atom. The summed E-state index contributed by atoms with van der Waals surface area (Å²) in [6.45, 7) is 2.74. The van der Waals surface area contributed by atoms with Crippen LogP contribution in [-0.2, 0) is 0 Å². The first kappa shape index (κ1) is 15.6. The number of pyridine rings is 2. The molecular weight excluding hydrogens is 310 g/mol. The second kappa shape index (κ2) is 6.93. The summed E-state index contributed by atoms with van der Waals surface area (Å²) in [6, 6.07) is 12.5. The largest absolute Gasteiger partial charge is 0.353 e. The molecule has 2 aromatic rings. The minimum atomic E-state index is 0.299. The van der Waals surface area contributed by atoms with E-state index >= 15 is 0 Å². The van der Waals surface area contributed by atoms with Crippen LogP contribution in [0, 0.1) is 23.2 Å². The standard InChI is InChI=1S/C20H19N5/c21-14-16-4-3-11-23-20(16)24-12-13-25-18(8-9-19(25)15-24)7-6-17-5-1-2-10-22-17/h1-5,10-11,18-19H,8-9,12-13,15H2/t18-,19-/m1/s1. The lowest BCUT2D eigenvalue weighted by Gasteiger charge is -2.39. The summed E-state index contributed by atoms with van der Waals surface area (Å²) in [7, 11) is 0. The number of anilines is 1. The molecule has 5 nitrogen and oxygen atoms in total. The highest BCUT2D eigenvalue weighted by molar-refractivity contribution is 5.54. The van der Waals surface area contributed by atoms with Gasteiger partial charge in [0, 0.05) is 38.1 Å². The lowest BCUT2D eigenvalue weighted by atomic mass is 10.1. The molecule has 0 bridgehead atoms. The van der Waals surface area contributed by atoms with E-state index in [0.29, 0.717) is 17.6 Å². The highest BCUT2D eigenvalue weighted by Gasteiger charge is 2.37. The molecule has 0 saturated carbocycles. The van der Waals surface area contributed by atoms with E-state index in [1.165, 1.54) is 0 Å². The van der Waals surface area contributed by atoms with Gasteiger partial charge in [-0.2, -0.15) is 5.26 Å². The zero-order chi connectivity index (χ0) is 17.1. The molecule has 2 fully saturated rings. The van der Waals surface area contributed by atoms with Gasteiger partial charge in [-0.25, -0.2) is 9.97 Å². The molecule has 0 spiro atoms. The first-order chi connectivity index (χ1) is 12.3. The molecule has 2 aliphatic heterocycles. The van der Waals surface area contributed by atoms with E-state index in [0.717, 1.165) is 44.0 Å². The van der Waals surface area contributed by atoms with Crippen molar-refractivity contribution >= 4 is 5.82 Å². The number of aromatic nitrogens is 2. The van der Waals surface area contributed by atoms with E-state index < -0.39 is 0 Å². The van der Waals surface area contributed by atoms with Gasteiger partial charge in [-0.15, -0.1) is 0 Å². The zero-order valence-electron chi connectivity index (χ0n) is 14.0. The predicted octanol–water partition coefficient (Wildman–Crippen LogP) is 2.05. The number of nitriles is 1. The lowest BCUT2D eigenvalue weighted by molar-refractivity contribution is 0.202. The first-order valence-corrected chi connectivity index (χ1v) is 8.63. The third kappa shape index (κ3) is 3.20. The van der Waals surface area contributed by atoms with Gasteiger partial charge in [-0.05, 0) is 43.0 Å². The van der Waals surface area contributed by atoms with Crippen LogP contribution in [0.3, 0.4) is 0 Å². The summed E-state index contributed by atoms with van der Waals surface area (Å²) < 4.78 is 0. The number of nitrogens with zero attached hydrogens (tertiary/aromatic N) is 5. The van der Waals surface area contributed by atoms with Crippen LogP contribution in [0.2, 0.25) is 0 Å². The van der Waals surface area contributed by atoms with Gasteiger partial charge in [0.2, 0.25) is 0 Å². The van der Waals surface area contributed by atoms with Crippen LogP contribution in [0.1, 0.15) is 24.1 Å². The van der Waals surface area contributed by atoms with Crippen LogP contribution in [0.4, 0.5) is 5.82 Å². The summed E-state index contributed by atoms with van der Waals surface area (Å²) in [5.41, 5.74) is 1.48. The molecule has 124 valence electrons. The summed E-state index contributed by atoms with van der Waals surface area (Å²) in [4.78, 5) is 13.5. The van der Waals surface area contributed by atoms with Crippen LogP contribution in [-0.4, -0.2) is 46.6 Å². The maximum Gasteiger partial charge on any atom is 0.146 e. The van der Waals surface area contributed by atoms with Crippen molar-refractivity contribution < 1.29 is 0 Å². The number of piperazine rings is 1. The van der Waals surface area contributed by atoms with Gasteiger partial charge in [0.15, 0.2) is 0 Å². The molecule has 0 radical (unpaired) electrons. The van der Waals surface area contributed by atoms with Gasteiger partial charge in [-0.1, -0.05) is 12.0 Å². The van der Waals surface area contributed by atoms with Crippen molar-refractivity contribution in [2.24, 2.45) is 0 Å². The van der Waals surface area contributed by atoms with Gasteiger partial charge in [-0.3, -0.25) is 4.90 Å². The minimum Gasteiger partial charge on any atom is -0.353 e. The quantitative estimate of drug-likeness (QED) is 0.750. The van der Waals surface area contributed by atoms with E-state index in [4.69, 9.17) is 0 Å². The van der Waals surface area contributed by atoms with Gasteiger partial charge >= 0.3 is 0 Å². The van der Waals surface area contributed by atoms with E-state index in [2.05, 4.69) is 37.7 Å². The summed E-state index contributed by atoms with van der Waals surface area (Å²) in [6.07, 6.45) is 5.76. The molecule has 0 unspecified atom stereocenters. The average Bonchev–Trinajstić information content (AvgIpc) is 3.09. The fraction of sp³-hybridized carbons (Fsp3) is 0.350. The van der Waals surface area contributed by atoms with Crippen molar-refractivity contribution in [3.63, 3.8) is 0 Å². The normalized spacial score (nSPS) is 22.6. The topological polar surface area (TPSA) is 56.1 Å². The van der Waals surface area contributed by atoms with Crippen LogP contribution in [0.5, 0.6) is 0 Å². The highest BCUT2D eigenvalue weighted by Crippen LogP contribution is 2.29. The van der Waals surface area contributed by atoms with Gasteiger partial charge in [0.25, 0.3) is 0 Å². The Balaban J connectivity index is 1.47. The van der Waals surface area contributed by atoms with Crippen molar-refractivity contribution in [1.29, 1.82) is 5.26 Å². The minimum absolute atomic E-state index is 0.299. The van der Waals surface area contributed by atoms with E-state index in [9.17, 15) is 5.26 Å². The molecular formula is C20H19N5. The monoisotopic (exact) mass is 329 g/mol. The molecule has 0 N–H and O–H groups in total. The molecule has 2 aromatic heterocycles. The Kier molecular flexibility index (Phi) is 4.33. The van der Waals surface area contributed by atoms with Crippen LogP contribution >= 0.6 is 0 Å². The van der Waals surface area contributed by atoms with Crippen LogP contribution in [0.25, 0.3) is 0 Å². The Labute approximate surface area is 147 Å². The Morgan fingerprint density at radius 1 is 1.04 bits per heavy atom. The van der Waals surface area contributed by atoms with Crippen LogP contribution < -0.4 is 4.90 Å². The van der Waals surface area contributed by atoms with Crippen molar-refractivity contribution in [1.82, 2.24) is 14.9 Å². The SMILES string of the molecule is N#Cc1cccnc1N1CCN2[C@H](CC[C@H]2C#Cc2ccccn2)C1. The number of hydrogen-bond acceptors (Lipinski definition) is 5. The number of fused-ring (bicyclic) bond motifs is 1. The summed E-state index contributed by atoms with van der Waals surface area (Å²) in [5, 5.41) is 9.31. The molecule has 0 aliphatic carbocycles. The molecule has 2 atom stereocenters. The second-order valence-electron chi connectivity index (χ2n) is 6.40. The lowest BCUT2D eigenvalue weighted by Crippen LogP contribution is -2.52. The third-order valence-electron chi connectivity index (χ3n) is 4.94. The van der Waals surface area contributed by atoms with Gasteiger partial charge in [0.05, 0.1) is 11.6 Å². The van der Waals surface area contributed by atoms with E-state index in [1.807, 2.05) is 30.3 Å². The summed E-state index contributed by atoms with van der Waals surface area (Å²) >= 11 is 0. The first-order valence-electron chi connectivity index (χ1n) is 8.63. The molecule has 5 heteroatoms.